The number of alkyl halides is 3. The zero-order chi connectivity index (χ0) is 20.5. The molecule has 0 radical (unpaired) electrons. The van der Waals surface area contributed by atoms with Crippen molar-refractivity contribution in [3.05, 3.63) is 57.6 Å². The first-order chi connectivity index (χ1) is 13.2. The molecule has 28 heavy (non-hydrogen) atoms. The van der Waals surface area contributed by atoms with Crippen LogP contribution in [0.3, 0.4) is 0 Å². The number of amides is 2. The third-order valence-electron chi connectivity index (χ3n) is 4.14. The minimum Gasteiger partial charge on any atom is -0.456 e. The number of imide groups is 1. The molecule has 9 heteroatoms. The molecule has 1 saturated heterocycles. The molecule has 3 rings (SSSR count). The van der Waals surface area contributed by atoms with Gasteiger partial charge in [0.25, 0.3) is 5.91 Å². The van der Waals surface area contributed by atoms with Gasteiger partial charge in [-0.05, 0) is 58.7 Å². The molecule has 0 atom stereocenters. The number of rotatable bonds is 3. The lowest BCUT2D eigenvalue weighted by Crippen LogP contribution is -2.32. The Hall–Kier alpha value is -2.86. The Labute approximate surface area is 166 Å². The summed E-state index contributed by atoms with van der Waals surface area (Å²) in [5.41, 5.74) is -1.07. The number of benzene rings is 2. The van der Waals surface area contributed by atoms with Crippen LogP contribution in [0, 0.1) is 11.3 Å². The molecular weight excluding hydrogens is 441 g/mol. The van der Waals surface area contributed by atoms with Crippen LogP contribution in [-0.4, -0.2) is 23.3 Å². The van der Waals surface area contributed by atoms with Gasteiger partial charge in [-0.15, -0.1) is 0 Å². The highest BCUT2D eigenvalue weighted by atomic mass is 79.9. The van der Waals surface area contributed by atoms with Gasteiger partial charge in [-0.25, -0.2) is 0 Å². The van der Waals surface area contributed by atoms with Crippen molar-refractivity contribution in [1.29, 1.82) is 5.26 Å². The van der Waals surface area contributed by atoms with Crippen molar-refractivity contribution in [3.63, 3.8) is 0 Å². The summed E-state index contributed by atoms with van der Waals surface area (Å²) in [7, 11) is 0. The number of likely N-dealkylation sites (tertiary alicyclic amines) is 1. The van der Waals surface area contributed by atoms with Crippen LogP contribution in [0.1, 0.15) is 34.3 Å². The van der Waals surface area contributed by atoms with E-state index in [4.69, 9.17) is 10.00 Å². The maximum Gasteiger partial charge on any atom is 0.416 e. The van der Waals surface area contributed by atoms with Gasteiger partial charge in [0, 0.05) is 17.4 Å². The fourth-order valence-corrected chi connectivity index (χ4v) is 3.17. The summed E-state index contributed by atoms with van der Waals surface area (Å²) in [6.07, 6.45) is -3.68. The van der Waals surface area contributed by atoms with Gasteiger partial charge >= 0.3 is 6.18 Å². The number of nitriles is 1. The Bertz CT molecular complexity index is 999. The van der Waals surface area contributed by atoms with E-state index in [0.717, 1.165) is 17.0 Å². The van der Waals surface area contributed by atoms with Crippen molar-refractivity contribution in [2.24, 2.45) is 0 Å². The molecule has 0 N–H and O–H groups in total. The van der Waals surface area contributed by atoms with E-state index in [1.807, 2.05) is 0 Å². The predicted molar refractivity (Wildman–Crippen MR) is 95.7 cm³/mol. The normalized spacial score (nSPS) is 14.1. The Morgan fingerprint density at radius 1 is 1.21 bits per heavy atom. The number of hydrogen-bond acceptors (Lipinski definition) is 4. The monoisotopic (exact) mass is 452 g/mol. The largest absolute Gasteiger partial charge is 0.456 e. The highest BCUT2D eigenvalue weighted by molar-refractivity contribution is 9.10. The summed E-state index contributed by atoms with van der Waals surface area (Å²) < 4.78 is 44.4. The Kier molecular flexibility index (Phi) is 5.42. The Balaban J connectivity index is 1.91. The molecule has 0 spiro atoms. The molecule has 1 heterocycles. The van der Waals surface area contributed by atoms with Gasteiger partial charge in [0.2, 0.25) is 5.91 Å². The second-order valence-corrected chi connectivity index (χ2v) is 6.87. The van der Waals surface area contributed by atoms with Crippen LogP contribution in [0.5, 0.6) is 11.5 Å². The summed E-state index contributed by atoms with van der Waals surface area (Å²) in [6.45, 7) is 0.326. The van der Waals surface area contributed by atoms with Gasteiger partial charge in [-0.1, -0.05) is 0 Å². The lowest BCUT2D eigenvalue weighted by atomic mass is 10.1. The number of hydrogen-bond donors (Lipinski definition) is 0. The first-order valence-corrected chi connectivity index (χ1v) is 8.93. The van der Waals surface area contributed by atoms with Crippen LogP contribution >= 0.6 is 15.9 Å². The first kappa shape index (κ1) is 19.9. The quantitative estimate of drug-likeness (QED) is 0.621. The molecule has 2 aromatic carbocycles. The Morgan fingerprint density at radius 2 is 1.96 bits per heavy atom. The summed E-state index contributed by atoms with van der Waals surface area (Å²) in [6, 6.07) is 8.62. The van der Waals surface area contributed by atoms with E-state index in [-0.39, 0.29) is 28.5 Å². The fourth-order valence-electron chi connectivity index (χ4n) is 2.75. The average Bonchev–Trinajstić information content (AvgIpc) is 3.08. The summed E-state index contributed by atoms with van der Waals surface area (Å²) >= 11 is 3.25. The first-order valence-electron chi connectivity index (χ1n) is 8.14. The van der Waals surface area contributed by atoms with E-state index in [2.05, 4.69) is 15.9 Å². The summed E-state index contributed by atoms with van der Waals surface area (Å²) in [5.74, 6) is -0.687. The van der Waals surface area contributed by atoms with E-state index in [1.54, 1.807) is 6.07 Å². The third kappa shape index (κ3) is 4.02. The van der Waals surface area contributed by atoms with Crippen molar-refractivity contribution in [2.75, 3.05) is 6.54 Å². The lowest BCUT2D eigenvalue weighted by molar-refractivity contribution is -0.137. The van der Waals surface area contributed by atoms with Gasteiger partial charge in [0.05, 0.1) is 16.7 Å². The number of halogens is 4. The molecule has 0 unspecified atom stereocenters. The van der Waals surface area contributed by atoms with Gasteiger partial charge in [0.15, 0.2) is 0 Å². The van der Waals surface area contributed by atoms with E-state index < -0.39 is 17.6 Å². The predicted octanol–water partition coefficient (Wildman–Crippen LogP) is 4.89. The number of ether oxygens (including phenoxy) is 1. The zero-order valence-electron chi connectivity index (χ0n) is 14.2. The van der Waals surface area contributed by atoms with E-state index >= 15 is 0 Å². The fraction of sp³-hybridized carbons (Fsp3) is 0.211. The SMILES string of the molecule is N#Cc1cc(C(F)(F)F)ccc1Oc1ccc(Br)c(C(=O)N2CCCC2=O)c1. The molecule has 144 valence electrons. The molecule has 0 aromatic heterocycles. The molecule has 0 bridgehead atoms. The standard InChI is InChI=1S/C19H12BrF3N2O3/c20-15-5-4-13(9-14(15)18(27)25-7-1-2-17(25)26)28-16-6-3-12(19(21,22)23)8-11(16)10-24/h3-6,8-9H,1-2,7H2. The van der Waals surface area contributed by atoms with Crippen molar-refractivity contribution in [3.8, 4) is 17.6 Å². The molecule has 2 aromatic rings. The lowest BCUT2D eigenvalue weighted by Gasteiger charge is -2.16. The second kappa shape index (κ2) is 7.64. The van der Waals surface area contributed by atoms with Crippen LogP contribution in [0.25, 0.3) is 0 Å². The van der Waals surface area contributed by atoms with Crippen molar-refractivity contribution < 1.29 is 27.5 Å². The van der Waals surface area contributed by atoms with Crippen molar-refractivity contribution in [1.82, 2.24) is 4.90 Å². The smallest absolute Gasteiger partial charge is 0.416 e. The van der Waals surface area contributed by atoms with Gasteiger partial charge in [-0.2, -0.15) is 18.4 Å². The van der Waals surface area contributed by atoms with Crippen molar-refractivity contribution in [2.45, 2.75) is 19.0 Å². The summed E-state index contributed by atoms with van der Waals surface area (Å²) in [4.78, 5) is 25.5. The summed E-state index contributed by atoms with van der Waals surface area (Å²) in [5, 5.41) is 9.14. The van der Waals surface area contributed by atoms with Crippen LogP contribution in [0.15, 0.2) is 40.9 Å². The molecule has 1 aliphatic rings. The number of carbonyl (C=O) groups excluding carboxylic acids is 2. The highest BCUT2D eigenvalue weighted by Gasteiger charge is 2.31. The molecule has 2 amide bonds. The second-order valence-electron chi connectivity index (χ2n) is 6.02. The van der Waals surface area contributed by atoms with Crippen LogP contribution in [0.4, 0.5) is 13.2 Å². The number of carbonyl (C=O) groups is 2. The maximum atomic E-state index is 12.8. The number of nitrogens with zero attached hydrogens (tertiary/aromatic N) is 2. The highest BCUT2D eigenvalue weighted by Crippen LogP contribution is 2.35. The zero-order valence-corrected chi connectivity index (χ0v) is 15.8. The van der Waals surface area contributed by atoms with Crippen LogP contribution in [0.2, 0.25) is 0 Å². The van der Waals surface area contributed by atoms with Crippen LogP contribution in [-0.2, 0) is 11.0 Å². The van der Waals surface area contributed by atoms with Gasteiger partial charge in [0.1, 0.15) is 17.6 Å². The van der Waals surface area contributed by atoms with Gasteiger partial charge in [-0.3, -0.25) is 14.5 Å². The molecular formula is C19H12BrF3N2O3. The van der Waals surface area contributed by atoms with Crippen LogP contribution < -0.4 is 4.74 Å². The maximum absolute atomic E-state index is 12.8. The average molecular weight is 453 g/mol. The van der Waals surface area contributed by atoms with E-state index in [9.17, 15) is 22.8 Å². The molecule has 5 nitrogen and oxygen atoms in total. The molecule has 1 fully saturated rings. The minimum atomic E-state index is -4.58. The van der Waals surface area contributed by atoms with E-state index in [1.165, 1.54) is 18.2 Å². The van der Waals surface area contributed by atoms with Gasteiger partial charge < -0.3 is 4.74 Å². The van der Waals surface area contributed by atoms with Crippen molar-refractivity contribution >= 4 is 27.7 Å². The Morgan fingerprint density at radius 3 is 2.57 bits per heavy atom. The van der Waals surface area contributed by atoms with E-state index in [0.29, 0.717) is 29.9 Å². The third-order valence-corrected chi connectivity index (χ3v) is 4.83. The molecule has 0 saturated carbocycles. The molecule has 0 aliphatic carbocycles. The minimum absolute atomic E-state index is 0.0755. The topological polar surface area (TPSA) is 70.4 Å². The molecule has 1 aliphatic heterocycles.